The Hall–Kier alpha value is -4.34. The highest BCUT2D eigenvalue weighted by Gasteiger charge is 2.42. The molecule has 5 rings (SSSR count). The van der Waals surface area contributed by atoms with E-state index in [9.17, 15) is 22.8 Å². The summed E-state index contributed by atoms with van der Waals surface area (Å²) in [6, 6.07) is 10.7. The monoisotopic (exact) mass is 636 g/mol. The fourth-order valence-electron chi connectivity index (χ4n) is 6.61. The van der Waals surface area contributed by atoms with Crippen LogP contribution in [0.1, 0.15) is 84.3 Å². The summed E-state index contributed by atoms with van der Waals surface area (Å²) in [4.78, 5) is 31.6. The van der Waals surface area contributed by atoms with Gasteiger partial charge in [-0.2, -0.15) is 13.2 Å². The molecule has 1 aliphatic heterocycles. The molecule has 0 N–H and O–H groups in total. The number of carbonyl (C=O) groups is 2. The highest BCUT2D eigenvalue weighted by molar-refractivity contribution is 5.90. The van der Waals surface area contributed by atoms with Gasteiger partial charge in [0.25, 0.3) is 0 Å². The van der Waals surface area contributed by atoms with Crippen LogP contribution in [0.5, 0.6) is 5.88 Å². The minimum absolute atomic E-state index is 0.0398. The largest absolute Gasteiger partial charge is 0.481 e. The van der Waals surface area contributed by atoms with Gasteiger partial charge in [-0.05, 0) is 104 Å². The second-order valence-corrected chi connectivity index (χ2v) is 13.0. The second-order valence-electron chi connectivity index (χ2n) is 13.0. The number of carbonyl (C=O) groups excluding carboxylic acids is 2. The smallest absolute Gasteiger partial charge is 0.416 e. The minimum Gasteiger partial charge on any atom is -0.481 e. The van der Waals surface area contributed by atoms with Crippen molar-refractivity contribution in [2.75, 3.05) is 20.8 Å². The summed E-state index contributed by atoms with van der Waals surface area (Å²) >= 11 is 0. The fourth-order valence-corrected chi connectivity index (χ4v) is 6.61. The number of nitrogens with zero attached hydrogens (tertiary/aromatic N) is 2. The van der Waals surface area contributed by atoms with Gasteiger partial charge in [-0.1, -0.05) is 31.5 Å². The molecule has 7 nitrogen and oxygen atoms in total. The lowest BCUT2D eigenvalue weighted by Crippen LogP contribution is -2.35. The standard InChI is InChI=1S/C36H39F3N2O5/c1-20-12-24(15-27(13-20)36(37,38)39)31-22(3)41(34(43)46-31)19-26-17-35(4,5)11-10-29(26)30-16-25(18-40-32(30)44-6)28-9-8-23(14-21(28)2)33(42)45-7/h8-9,12-16,18,22,31H,10-11,17,19H2,1-7H3/t22-,31-/m0/s1. The van der Waals surface area contributed by atoms with Crippen LogP contribution >= 0.6 is 0 Å². The third-order valence-corrected chi connectivity index (χ3v) is 9.01. The Morgan fingerprint density at radius 1 is 1.09 bits per heavy atom. The molecule has 3 aromatic rings. The molecule has 0 spiro atoms. The first-order chi connectivity index (χ1) is 21.6. The molecular formula is C36H39F3N2O5. The van der Waals surface area contributed by atoms with E-state index in [1.54, 1.807) is 43.3 Å². The van der Waals surface area contributed by atoms with E-state index < -0.39 is 35.9 Å². The van der Waals surface area contributed by atoms with Crippen molar-refractivity contribution in [3.8, 4) is 17.0 Å². The molecule has 2 aliphatic rings. The summed E-state index contributed by atoms with van der Waals surface area (Å²) in [5.74, 6) is 0.0389. The molecule has 1 aliphatic carbocycles. The number of cyclic esters (lactones) is 1. The molecule has 0 saturated carbocycles. The van der Waals surface area contributed by atoms with Crippen LogP contribution in [0.3, 0.4) is 0 Å². The topological polar surface area (TPSA) is 78.0 Å². The molecule has 10 heteroatoms. The van der Waals surface area contributed by atoms with E-state index in [4.69, 9.17) is 14.2 Å². The van der Waals surface area contributed by atoms with Gasteiger partial charge in [0, 0.05) is 23.9 Å². The Morgan fingerprint density at radius 3 is 2.48 bits per heavy atom. The van der Waals surface area contributed by atoms with E-state index in [1.165, 1.54) is 7.11 Å². The van der Waals surface area contributed by atoms with Gasteiger partial charge in [-0.15, -0.1) is 0 Å². The van der Waals surface area contributed by atoms with Crippen LogP contribution in [-0.4, -0.2) is 48.8 Å². The van der Waals surface area contributed by atoms with E-state index in [0.717, 1.165) is 58.4 Å². The Labute approximate surface area is 267 Å². The van der Waals surface area contributed by atoms with Gasteiger partial charge in [-0.3, -0.25) is 4.90 Å². The number of benzene rings is 2. The van der Waals surface area contributed by atoms with Crippen molar-refractivity contribution in [2.45, 2.75) is 72.2 Å². The molecule has 1 amide bonds. The number of alkyl halides is 3. The predicted molar refractivity (Wildman–Crippen MR) is 168 cm³/mol. The lowest BCUT2D eigenvalue weighted by molar-refractivity contribution is -0.137. The molecule has 0 bridgehead atoms. The van der Waals surface area contributed by atoms with Crippen molar-refractivity contribution in [2.24, 2.45) is 5.41 Å². The molecule has 46 heavy (non-hydrogen) atoms. The summed E-state index contributed by atoms with van der Waals surface area (Å²) in [6.45, 7) is 9.95. The van der Waals surface area contributed by atoms with E-state index in [-0.39, 0.29) is 12.0 Å². The molecular weight excluding hydrogens is 597 g/mol. The zero-order valence-corrected chi connectivity index (χ0v) is 27.2. The molecule has 2 heterocycles. The number of aromatic nitrogens is 1. The van der Waals surface area contributed by atoms with Crippen LogP contribution in [0, 0.1) is 19.3 Å². The Kier molecular flexibility index (Phi) is 8.94. The maximum absolute atomic E-state index is 13.6. The first kappa shape index (κ1) is 33.0. The molecule has 2 aromatic carbocycles. The molecule has 1 saturated heterocycles. The molecule has 1 fully saturated rings. The van der Waals surface area contributed by atoms with Crippen molar-refractivity contribution >= 4 is 17.6 Å². The summed E-state index contributed by atoms with van der Waals surface area (Å²) in [5.41, 5.74) is 5.89. The number of aryl methyl sites for hydroxylation is 2. The number of esters is 1. The number of allylic oxidation sites excluding steroid dienone is 1. The van der Waals surface area contributed by atoms with E-state index in [2.05, 4.69) is 18.8 Å². The van der Waals surface area contributed by atoms with Crippen molar-refractivity contribution in [3.63, 3.8) is 0 Å². The van der Waals surface area contributed by atoms with E-state index >= 15 is 0 Å². The zero-order chi connectivity index (χ0) is 33.6. The van der Waals surface area contributed by atoms with Crippen LogP contribution in [0.4, 0.5) is 18.0 Å². The van der Waals surface area contributed by atoms with Gasteiger partial charge in [0.2, 0.25) is 5.88 Å². The van der Waals surface area contributed by atoms with Crippen LogP contribution in [0.2, 0.25) is 0 Å². The molecule has 2 atom stereocenters. The van der Waals surface area contributed by atoms with Crippen LogP contribution in [0.25, 0.3) is 16.7 Å². The third kappa shape index (κ3) is 6.62. The first-order valence-corrected chi connectivity index (χ1v) is 15.2. The quantitative estimate of drug-likeness (QED) is 0.242. The number of ether oxygens (including phenoxy) is 3. The second kappa shape index (κ2) is 12.5. The maximum atomic E-state index is 13.6. The Bertz CT molecular complexity index is 1710. The molecule has 244 valence electrons. The fraction of sp³-hybridized carbons (Fsp3) is 0.417. The summed E-state index contributed by atoms with van der Waals surface area (Å²) < 4.78 is 57.1. The number of hydrogen-bond donors (Lipinski definition) is 0. The first-order valence-electron chi connectivity index (χ1n) is 15.2. The third-order valence-electron chi connectivity index (χ3n) is 9.01. The van der Waals surface area contributed by atoms with Gasteiger partial charge in [0.1, 0.15) is 6.10 Å². The SMILES string of the molecule is COC(=O)c1ccc(-c2cnc(OC)c(C3=C(CN4C(=O)O[C@H](c5cc(C)cc(C(F)(F)F)c5)[C@@H]4C)CC(C)(C)CC3)c2)c(C)c1. The average Bonchev–Trinajstić information content (AvgIpc) is 3.27. The van der Waals surface area contributed by atoms with Crippen LogP contribution in [0.15, 0.2) is 54.2 Å². The number of amides is 1. The van der Waals surface area contributed by atoms with Crippen molar-refractivity contribution in [1.29, 1.82) is 0 Å². The highest BCUT2D eigenvalue weighted by atomic mass is 19.4. The van der Waals surface area contributed by atoms with Gasteiger partial charge in [0.05, 0.1) is 31.4 Å². The van der Waals surface area contributed by atoms with Crippen LogP contribution < -0.4 is 4.74 Å². The average molecular weight is 637 g/mol. The highest BCUT2D eigenvalue weighted by Crippen LogP contribution is 2.46. The summed E-state index contributed by atoms with van der Waals surface area (Å²) in [6.07, 6.45) is -1.87. The molecule has 0 radical (unpaired) electrons. The molecule has 1 aromatic heterocycles. The lowest BCUT2D eigenvalue weighted by atomic mass is 9.72. The van der Waals surface area contributed by atoms with E-state index in [1.807, 2.05) is 26.0 Å². The minimum atomic E-state index is -4.51. The van der Waals surface area contributed by atoms with Crippen molar-refractivity contribution < 1.29 is 37.0 Å². The lowest BCUT2D eigenvalue weighted by Gasteiger charge is -2.35. The number of pyridine rings is 1. The maximum Gasteiger partial charge on any atom is 0.416 e. The Morgan fingerprint density at radius 2 is 1.83 bits per heavy atom. The Balaban J connectivity index is 1.53. The summed E-state index contributed by atoms with van der Waals surface area (Å²) in [7, 11) is 2.91. The van der Waals surface area contributed by atoms with Crippen molar-refractivity contribution in [1.82, 2.24) is 9.88 Å². The van der Waals surface area contributed by atoms with Gasteiger partial charge < -0.3 is 14.2 Å². The van der Waals surface area contributed by atoms with Crippen LogP contribution in [-0.2, 0) is 15.7 Å². The predicted octanol–water partition coefficient (Wildman–Crippen LogP) is 8.73. The van der Waals surface area contributed by atoms with Gasteiger partial charge in [0.15, 0.2) is 0 Å². The van der Waals surface area contributed by atoms with Gasteiger partial charge in [-0.25, -0.2) is 14.6 Å². The zero-order valence-electron chi connectivity index (χ0n) is 27.2. The van der Waals surface area contributed by atoms with Gasteiger partial charge >= 0.3 is 18.2 Å². The van der Waals surface area contributed by atoms with Crippen molar-refractivity contribution in [3.05, 3.63) is 87.6 Å². The number of rotatable bonds is 7. The normalized spacial score (nSPS) is 19.7. The van der Waals surface area contributed by atoms with E-state index in [0.29, 0.717) is 29.0 Å². The summed E-state index contributed by atoms with van der Waals surface area (Å²) in [5, 5.41) is 0. The number of hydrogen-bond acceptors (Lipinski definition) is 6. The number of halogens is 3. The molecule has 0 unspecified atom stereocenters. The number of methoxy groups -OCH3 is 2.